The molecule has 13 heteroatoms. The minimum Gasteiger partial charge on any atom is -0.453 e. The number of sulfone groups is 1. The number of alkyl carbamates (subject to hydrolysis) is 1. The van der Waals surface area contributed by atoms with E-state index in [1.807, 2.05) is 6.07 Å². The molecule has 39 heavy (non-hydrogen) atoms. The highest BCUT2D eigenvalue weighted by Crippen LogP contribution is 2.49. The number of rotatable bonds is 9. The average molecular weight is 557 g/mol. The third-order valence-corrected chi connectivity index (χ3v) is 10.7. The molecule has 0 saturated heterocycles. The van der Waals surface area contributed by atoms with Crippen molar-refractivity contribution in [1.82, 2.24) is 25.3 Å². The number of carbonyl (C=O) groups is 3. The van der Waals surface area contributed by atoms with Crippen molar-refractivity contribution in [2.45, 2.75) is 49.1 Å². The van der Waals surface area contributed by atoms with E-state index in [9.17, 15) is 22.8 Å². The lowest BCUT2D eigenvalue weighted by molar-refractivity contribution is 0.0724. The number of benzene rings is 1. The summed E-state index contributed by atoms with van der Waals surface area (Å²) >= 11 is 0. The van der Waals surface area contributed by atoms with Crippen LogP contribution in [0.2, 0.25) is 0 Å². The Morgan fingerprint density at radius 3 is 2.46 bits per heavy atom. The summed E-state index contributed by atoms with van der Waals surface area (Å²) in [4.78, 5) is 39.5. The molecule has 1 saturated carbocycles. The van der Waals surface area contributed by atoms with Crippen LogP contribution in [-0.2, 0) is 34.6 Å². The predicted octanol–water partition coefficient (Wildman–Crippen LogP) is 1.30. The first-order valence-corrected chi connectivity index (χ1v) is 14.0. The molecule has 2 aromatic rings. The Kier molecular flexibility index (Phi) is 7.44. The van der Waals surface area contributed by atoms with Gasteiger partial charge < -0.3 is 20.3 Å². The fourth-order valence-electron chi connectivity index (χ4n) is 4.90. The van der Waals surface area contributed by atoms with Crippen molar-refractivity contribution in [2.24, 2.45) is 7.05 Å². The zero-order valence-electron chi connectivity index (χ0n) is 22.4. The Labute approximate surface area is 227 Å². The lowest BCUT2D eigenvalue weighted by Crippen LogP contribution is -2.53. The maximum Gasteiger partial charge on any atom is 0.406 e. The SMILES string of the molecule is COC(=O)NCC(C)(C)S(=O)(=O)C1(CN2CCc3c(C(=O)NCc4ccc(C#N)cc4)nn(C)c3C2=O)CC1. The van der Waals surface area contributed by atoms with E-state index in [-0.39, 0.29) is 43.5 Å². The molecule has 0 atom stereocenters. The molecule has 208 valence electrons. The molecule has 1 aromatic heterocycles. The summed E-state index contributed by atoms with van der Waals surface area (Å²) in [5.74, 6) is -0.789. The van der Waals surface area contributed by atoms with E-state index >= 15 is 0 Å². The molecule has 1 aliphatic heterocycles. The van der Waals surface area contributed by atoms with Crippen LogP contribution in [0.5, 0.6) is 0 Å². The largest absolute Gasteiger partial charge is 0.453 e. The van der Waals surface area contributed by atoms with Gasteiger partial charge in [0, 0.05) is 38.8 Å². The van der Waals surface area contributed by atoms with Gasteiger partial charge in [0.15, 0.2) is 15.5 Å². The van der Waals surface area contributed by atoms with E-state index in [1.165, 1.54) is 16.7 Å². The Morgan fingerprint density at radius 2 is 1.87 bits per heavy atom. The number of methoxy groups -OCH3 is 1. The second-order valence-electron chi connectivity index (χ2n) is 10.6. The number of fused-ring (bicyclic) bond motifs is 1. The maximum absolute atomic E-state index is 13.6. The molecule has 0 unspecified atom stereocenters. The van der Waals surface area contributed by atoms with Crippen LogP contribution in [0.1, 0.15) is 64.4 Å². The number of nitriles is 1. The van der Waals surface area contributed by atoms with Crippen LogP contribution in [0.3, 0.4) is 0 Å². The van der Waals surface area contributed by atoms with Crippen LogP contribution in [0, 0.1) is 11.3 Å². The smallest absolute Gasteiger partial charge is 0.406 e. The second kappa shape index (κ2) is 10.3. The molecule has 2 aliphatic rings. The first kappa shape index (κ1) is 28.1. The minimum atomic E-state index is -3.76. The van der Waals surface area contributed by atoms with E-state index in [4.69, 9.17) is 5.26 Å². The first-order valence-electron chi connectivity index (χ1n) is 12.5. The van der Waals surface area contributed by atoms with Gasteiger partial charge in [0.25, 0.3) is 11.8 Å². The summed E-state index contributed by atoms with van der Waals surface area (Å²) in [6.07, 6.45) is 0.483. The van der Waals surface area contributed by atoms with Gasteiger partial charge >= 0.3 is 6.09 Å². The van der Waals surface area contributed by atoms with Crippen molar-refractivity contribution in [1.29, 1.82) is 5.26 Å². The predicted molar refractivity (Wildman–Crippen MR) is 141 cm³/mol. The Bertz CT molecular complexity index is 1450. The van der Waals surface area contributed by atoms with Gasteiger partial charge in [0.2, 0.25) is 0 Å². The zero-order valence-corrected chi connectivity index (χ0v) is 23.2. The Balaban J connectivity index is 1.47. The normalized spacial score (nSPS) is 16.2. The molecule has 4 rings (SSSR count). The van der Waals surface area contributed by atoms with Gasteiger partial charge in [-0.1, -0.05) is 12.1 Å². The fourth-order valence-corrected chi connectivity index (χ4v) is 7.30. The molecule has 12 nitrogen and oxygen atoms in total. The number of hydrogen-bond donors (Lipinski definition) is 2. The summed E-state index contributed by atoms with van der Waals surface area (Å²) in [5, 5.41) is 18.5. The number of aryl methyl sites for hydroxylation is 1. The third-order valence-electron chi connectivity index (χ3n) is 7.45. The number of aromatic nitrogens is 2. The molecule has 0 bridgehead atoms. The zero-order chi connectivity index (χ0) is 28.6. The second-order valence-corrected chi connectivity index (χ2v) is 13.5. The van der Waals surface area contributed by atoms with E-state index in [2.05, 4.69) is 20.5 Å². The van der Waals surface area contributed by atoms with Gasteiger partial charge in [-0.3, -0.25) is 14.3 Å². The number of nitrogens with zero attached hydrogens (tertiary/aromatic N) is 4. The first-order chi connectivity index (χ1) is 18.4. The van der Waals surface area contributed by atoms with E-state index in [0.29, 0.717) is 30.4 Å². The molecule has 1 aliphatic carbocycles. The van der Waals surface area contributed by atoms with Crippen LogP contribution in [0.15, 0.2) is 24.3 Å². The van der Waals surface area contributed by atoms with Crippen molar-refractivity contribution in [3.63, 3.8) is 0 Å². The average Bonchev–Trinajstić information content (AvgIpc) is 3.63. The van der Waals surface area contributed by atoms with Crippen molar-refractivity contribution in [3.8, 4) is 6.07 Å². The quantitative estimate of drug-likeness (QED) is 0.467. The third kappa shape index (κ3) is 5.21. The Hall–Kier alpha value is -3.92. The molecule has 3 amide bonds. The van der Waals surface area contributed by atoms with Crippen molar-refractivity contribution >= 4 is 27.7 Å². The summed E-state index contributed by atoms with van der Waals surface area (Å²) in [6, 6.07) is 8.89. The van der Waals surface area contributed by atoms with Crippen LogP contribution >= 0.6 is 0 Å². The summed E-state index contributed by atoms with van der Waals surface area (Å²) in [6.45, 7) is 3.50. The van der Waals surface area contributed by atoms with Gasteiger partial charge in [-0.25, -0.2) is 13.2 Å². The maximum atomic E-state index is 13.6. The highest BCUT2D eigenvalue weighted by Gasteiger charge is 2.61. The van der Waals surface area contributed by atoms with Crippen LogP contribution in [0.25, 0.3) is 0 Å². The molecule has 1 aromatic carbocycles. The van der Waals surface area contributed by atoms with Gasteiger partial charge in [-0.05, 0) is 50.8 Å². The Morgan fingerprint density at radius 1 is 1.21 bits per heavy atom. The highest BCUT2D eigenvalue weighted by atomic mass is 32.2. The number of amides is 3. The summed E-state index contributed by atoms with van der Waals surface area (Å²) < 4.78 is 30.8. The van der Waals surface area contributed by atoms with Crippen LogP contribution < -0.4 is 10.6 Å². The van der Waals surface area contributed by atoms with Crippen molar-refractivity contribution in [3.05, 3.63) is 52.3 Å². The molecular weight excluding hydrogens is 524 g/mol. The standard InChI is InChI=1S/C26H32N6O6S/c1-25(2,15-29-24(35)38-4)39(36,37)26(10-11-26)16-32-12-9-19-20(30-31(3)21(19)23(32)34)22(33)28-14-18-7-5-17(13-27)6-8-18/h5-8H,9-12,14-16H2,1-4H3,(H,28,33)(H,29,35). The number of hydrogen-bond acceptors (Lipinski definition) is 8. The lowest BCUT2D eigenvalue weighted by atomic mass is 10.0. The topological polar surface area (TPSA) is 163 Å². The minimum absolute atomic E-state index is 0.0284. The van der Waals surface area contributed by atoms with Gasteiger partial charge in [0.1, 0.15) is 5.69 Å². The molecule has 0 spiro atoms. The highest BCUT2D eigenvalue weighted by molar-refractivity contribution is 7.94. The monoisotopic (exact) mass is 556 g/mol. The van der Waals surface area contributed by atoms with Crippen molar-refractivity contribution in [2.75, 3.05) is 26.7 Å². The van der Waals surface area contributed by atoms with E-state index in [1.54, 1.807) is 45.2 Å². The number of ether oxygens (including phenoxy) is 1. The van der Waals surface area contributed by atoms with Gasteiger partial charge in [-0.2, -0.15) is 10.4 Å². The number of nitrogens with one attached hydrogen (secondary N) is 2. The molecule has 2 N–H and O–H groups in total. The van der Waals surface area contributed by atoms with E-state index < -0.39 is 31.3 Å². The molecule has 0 radical (unpaired) electrons. The molecule has 1 fully saturated rings. The lowest BCUT2D eigenvalue weighted by Gasteiger charge is -2.35. The molecule has 2 heterocycles. The summed E-state index contributed by atoms with van der Waals surface area (Å²) in [5.41, 5.74) is 2.30. The van der Waals surface area contributed by atoms with Gasteiger partial charge in [-0.15, -0.1) is 0 Å². The summed E-state index contributed by atoms with van der Waals surface area (Å²) in [7, 11) is -0.963. The van der Waals surface area contributed by atoms with Crippen LogP contribution in [-0.4, -0.2) is 77.2 Å². The molecular formula is C26H32N6O6S. The van der Waals surface area contributed by atoms with Crippen LogP contribution in [0.4, 0.5) is 4.79 Å². The van der Waals surface area contributed by atoms with Gasteiger partial charge in [0.05, 0.1) is 28.2 Å². The number of carbonyl (C=O) groups excluding carboxylic acids is 3. The van der Waals surface area contributed by atoms with E-state index in [0.717, 1.165) is 5.56 Å². The van der Waals surface area contributed by atoms with Crippen molar-refractivity contribution < 1.29 is 27.5 Å². The fraction of sp³-hybridized carbons (Fsp3) is 0.500.